The second-order valence-electron chi connectivity index (χ2n) is 5.83. The van der Waals surface area contributed by atoms with Crippen LogP contribution in [-0.4, -0.2) is 41.6 Å². The Bertz CT molecular complexity index is 916. The molecular formula is C19H19N3O6S. The van der Waals surface area contributed by atoms with Crippen molar-refractivity contribution >= 4 is 40.9 Å². The number of hydrogen-bond donors (Lipinski definition) is 2. The van der Waals surface area contributed by atoms with Crippen LogP contribution in [0.3, 0.4) is 0 Å². The molecule has 0 aliphatic carbocycles. The zero-order valence-electron chi connectivity index (χ0n) is 15.7. The number of nitrogens with zero attached hydrogens (tertiary/aromatic N) is 1. The summed E-state index contributed by atoms with van der Waals surface area (Å²) in [5.74, 6) is -1.42. The number of ether oxygens (including phenoxy) is 1. The first-order valence-electron chi connectivity index (χ1n) is 8.50. The van der Waals surface area contributed by atoms with Gasteiger partial charge in [0, 0.05) is 35.3 Å². The number of anilines is 1. The van der Waals surface area contributed by atoms with Crippen LogP contribution in [0.25, 0.3) is 0 Å². The van der Waals surface area contributed by atoms with Crippen molar-refractivity contribution in [1.82, 2.24) is 5.32 Å². The molecule has 0 bridgehead atoms. The lowest BCUT2D eigenvalue weighted by atomic mass is 10.2. The molecule has 0 aliphatic heterocycles. The maximum atomic E-state index is 12.1. The number of non-ortho nitro benzene ring substituents is 1. The first kappa shape index (κ1) is 21.9. The molecule has 0 aromatic heterocycles. The highest BCUT2D eigenvalue weighted by atomic mass is 32.2. The molecular weight excluding hydrogens is 398 g/mol. The van der Waals surface area contributed by atoms with Crippen molar-refractivity contribution in [2.75, 3.05) is 19.0 Å². The van der Waals surface area contributed by atoms with Gasteiger partial charge in [0.25, 0.3) is 17.5 Å². The summed E-state index contributed by atoms with van der Waals surface area (Å²) in [6.45, 7) is 1.13. The topological polar surface area (TPSA) is 128 Å². The van der Waals surface area contributed by atoms with E-state index in [0.29, 0.717) is 16.1 Å². The highest BCUT2D eigenvalue weighted by Gasteiger charge is 2.18. The zero-order valence-corrected chi connectivity index (χ0v) is 16.5. The molecule has 0 aliphatic rings. The molecule has 0 heterocycles. The van der Waals surface area contributed by atoms with Gasteiger partial charge in [0.15, 0.2) is 6.61 Å². The van der Waals surface area contributed by atoms with E-state index >= 15 is 0 Å². The maximum absolute atomic E-state index is 12.1. The third-order valence-corrected chi connectivity index (χ3v) is 4.76. The number of carbonyl (C=O) groups excluding carboxylic acids is 3. The van der Waals surface area contributed by atoms with Crippen molar-refractivity contribution in [3.63, 3.8) is 0 Å². The van der Waals surface area contributed by atoms with Crippen LogP contribution in [0.15, 0.2) is 53.4 Å². The molecule has 2 rings (SSSR count). The van der Waals surface area contributed by atoms with Crippen LogP contribution in [0.1, 0.15) is 17.3 Å². The van der Waals surface area contributed by atoms with Gasteiger partial charge in [-0.25, -0.2) is 0 Å². The number of hydrogen-bond acceptors (Lipinski definition) is 7. The number of amides is 2. The summed E-state index contributed by atoms with van der Waals surface area (Å²) in [5.41, 5.74) is 0.748. The minimum Gasteiger partial charge on any atom is -0.455 e. The van der Waals surface area contributed by atoms with Crippen LogP contribution >= 0.6 is 11.8 Å². The van der Waals surface area contributed by atoms with Crippen molar-refractivity contribution in [2.45, 2.75) is 17.1 Å². The Hall–Kier alpha value is -3.40. The predicted octanol–water partition coefficient (Wildman–Crippen LogP) is 2.62. The first-order valence-corrected chi connectivity index (χ1v) is 9.38. The minimum atomic E-state index is -0.610. The zero-order chi connectivity index (χ0) is 21.4. The maximum Gasteiger partial charge on any atom is 0.319 e. The van der Waals surface area contributed by atoms with Gasteiger partial charge in [0.2, 0.25) is 0 Å². The lowest BCUT2D eigenvalue weighted by Crippen LogP contribution is -2.25. The molecule has 0 saturated carbocycles. The van der Waals surface area contributed by atoms with Crippen LogP contribution in [0.5, 0.6) is 0 Å². The van der Waals surface area contributed by atoms with Crippen LogP contribution in [0, 0.1) is 10.1 Å². The van der Waals surface area contributed by atoms with Crippen molar-refractivity contribution < 1.29 is 24.0 Å². The summed E-state index contributed by atoms with van der Waals surface area (Å²) in [6, 6.07) is 12.1. The molecule has 10 heteroatoms. The third-order valence-electron chi connectivity index (χ3n) is 3.67. The number of carbonyl (C=O) groups is 3. The predicted molar refractivity (Wildman–Crippen MR) is 108 cm³/mol. The van der Waals surface area contributed by atoms with Gasteiger partial charge in [0.05, 0.1) is 4.92 Å². The van der Waals surface area contributed by atoms with E-state index in [-0.39, 0.29) is 11.6 Å². The average molecular weight is 417 g/mol. The lowest BCUT2D eigenvalue weighted by Gasteiger charge is -2.11. The summed E-state index contributed by atoms with van der Waals surface area (Å²) in [6.07, 6.45) is 0. The fourth-order valence-electron chi connectivity index (χ4n) is 2.23. The van der Waals surface area contributed by atoms with Crippen molar-refractivity contribution in [3.05, 3.63) is 64.2 Å². The lowest BCUT2D eigenvalue weighted by molar-refractivity contribution is -0.384. The molecule has 152 valence electrons. The summed E-state index contributed by atoms with van der Waals surface area (Å²) in [7, 11) is 1.50. The Labute approximate surface area is 171 Å². The number of nitro groups is 1. The van der Waals surface area contributed by atoms with Crippen LogP contribution in [0.2, 0.25) is 0 Å². The molecule has 0 unspecified atom stereocenters. The van der Waals surface area contributed by atoms with Gasteiger partial charge in [-0.1, -0.05) is 6.07 Å². The van der Waals surface area contributed by atoms with Gasteiger partial charge in [0.1, 0.15) is 5.25 Å². The minimum absolute atomic E-state index is 0.0401. The van der Waals surface area contributed by atoms with Crippen LogP contribution in [-0.2, 0) is 14.3 Å². The van der Waals surface area contributed by atoms with E-state index < -0.39 is 28.7 Å². The monoisotopic (exact) mass is 417 g/mol. The number of nitro benzene ring substituents is 1. The van der Waals surface area contributed by atoms with E-state index in [2.05, 4.69) is 10.6 Å². The standard InChI is InChI=1S/C19H19N3O6S/c1-12(29-16-8-6-15(7-9-16)22(26)27)19(25)28-11-17(23)21-14-5-3-4-13(10-14)18(24)20-2/h3-10,12H,11H2,1-2H3,(H,20,24)(H,21,23)/t12-/m1/s1. The van der Waals surface area contributed by atoms with Gasteiger partial charge in [-0.3, -0.25) is 24.5 Å². The van der Waals surface area contributed by atoms with E-state index in [1.807, 2.05) is 0 Å². The number of nitrogens with one attached hydrogen (secondary N) is 2. The molecule has 0 radical (unpaired) electrons. The van der Waals surface area contributed by atoms with Crippen molar-refractivity contribution in [2.24, 2.45) is 0 Å². The molecule has 29 heavy (non-hydrogen) atoms. The fourth-order valence-corrected chi connectivity index (χ4v) is 3.10. The summed E-state index contributed by atoms with van der Waals surface area (Å²) in [5, 5.41) is 15.1. The van der Waals surface area contributed by atoms with Crippen LogP contribution < -0.4 is 10.6 Å². The van der Waals surface area contributed by atoms with Crippen molar-refractivity contribution in [1.29, 1.82) is 0 Å². The molecule has 2 aromatic carbocycles. The average Bonchev–Trinajstić information content (AvgIpc) is 2.71. The third kappa shape index (κ3) is 6.61. The van der Waals surface area contributed by atoms with Crippen LogP contribution in [0.4, 0.5) is 11.4 Å². The Kier molecular flexibility index (Phi) is 7.72. The van der Waals surface area contributed by atoms with E-state index in [0.717, 1.165) is 11.8 Å². The van der Waals surface area contributed by atoms with Gasteiger partial charge in [-0.2, -0.15) is 0 Å². The second-order valence-corrected chi connectivity index (χ2v) is 7.24. The molecule has 0 spiro atoms. The molecule has 2 N–H and O–H groups in total. The number of esters is 1. The summed E-state index contributed by atoms with van der Waals surface area (Å²) in [4.78, 5) is 46.5. The van der Waals surface area contributed by atoms with E-state index in [4.69, 9.17) is 4.74 Å². The SMILES string of the molecule is CNC(=O)c1cccc(NC(=O)COC(=O)[C@@H](C)Sc2ccc([N+](=O)[O-])cc2)c1. The number of thioether (sulfide) groups is 1. The Morgan fingerprint density at radius 2 is 1.86 bits per heavy atom. The molecule has 0 saturated heterocycles. The molecule has 1 atom stereocenters. The largest absolute Gasteiger partial charge is 0.455 e. The summed E-state index contributed by atoms with van der Waals surface area (Å²) >= 11 is 1.16. The van der Waals surface area contributed by atoms with Gasteiger partial charge < -0.3 is 15.4 Å². The first-order chi connectivity index (χ1) is 13.8. The molecule has 0 fully saturated rings. The molecule has 9 nitrogen and oxygen atoms in total. The van der Waals surface area contributed by atoms with Gasteiger partial charge in [-0.05, 0) is 37.3 Å². The summed E-state index contributed by atoms with van der Waals surface area (Å²) < 4.78 is 5.01. The number of benzene rings is 2. The Morgan fingerprint density at radius 1 is 1.17 bits per heavy atom. The fraction of sp³-hybridized carbons (Fsp3) is 0.211. The van der Waals surface area contributed by atoms with E-state index in [1.54, 1.807) is 37.3 Å². The quantitative estimate of drug-likeness (QED) is 0.292. The smallest absolute Gasteiger partial charge is 0.319 e. The van der Waals surface area contributed by atoms with E-state index in [1.165, 1.54) is 25.2 Å². The Morgan fingerprint density at radius 3 is 2.48 bits per heavy atom. The molecule has 2 aromatic rings. The highest BCUT2D eigenvalue weighted by molar-refractivity contribution is 8.00. The Balaban J connectivity index is 1.84. The van der Waals surface area contributed by atoms with Crippen molar-refractivity contribution in [3.8, 4) is 0 Å². The van der Waals surface area contributed by atoms with Gasteiger partial charge >= 0.3 is 5.97 Å². The molecule has 2 amide bonds. The van der Waals surface area contributed by atoms with Gasteiger partial charge in [-0.15, -0.1) is 11.8 Å². The highest BCUT2D eigenvalue weighted by Crippen LogP contribution is 2.26. The normalized spacial score (nSPS) is 11.2. The number of rotatable bonds is 8. The second kappa shape index (κ2) is 10.2. The van der Waals surface area contributed by atoms with E-state index in [9.17, 15) is 24.5 Å².